The molecule has 2 aromatic rings. The molecule has 6 unspecified atom stereocenters. The molecule has 1 fully saturated rings. The molecule has 1 aromatic heterocycles. The smallest absolute Gasteiger partial charge is 0.318 e. The Hall–Kier alpha value is -2.76. The van der Waals surface area contributed by atoms with Crippen molar-refractivity contribution in [2.45, 2.75) is 86.7 Å². The Labute approximate surface area is 227 Å². The molecule has 208 valence electrons. The molecule has 38 heavy (non-hydrogen) atoms. The van der Waals surface area contributed by atoms with Crippen molar-refractivity contribution in [2.24, 2.45) is 35.0 Å². The zero-order valence-electron chi connectivity index (χ0n) is 24.1. The van der Waals surface area contributed by atoms with Crippen molar-refractivity contribution in [3.63, 3.8) is 0 Å². The highest BCUT2D eigenvalue weighted by molar-refractivity contribution is 5.78. The summed E-state index contributed by atoms with van der Waals surface area (Å²) in [5.74, 6) is -0.561. The number of aryl methyl sites for hydroxylation is 2. The van der Waals surface area contributed by atoms with E-state index in [1.165, 1.54) is 0 Å². The molecule has 1 saturated carbocycles. The summed E-state index contributed by atoms with van der Waals surface area (Å²) < 4.78 is 6.38. The zero-order valence-corrected chi connectivity index (χ0v) is 24.1. The highest BCUT2D eigenvalue weighted by atomic mass is 17.1. The summed E-state index contributed by atoms with van der Waals surface area (Å²) in [7, 11) is 0. The minimum atomic E-state index is -1.09. The molecule has 0 bridgehead atoms. The number of benzene rings is 1. The molecule has 0 spiro atoms. The summed E-state index contributed by atoms with van der Waals surface area (Å²) in [6.45, 7) is 16.9. The van der Waals surface area contributed by atoms with Crippen LogP contribution in [0.4, 0.5) is 0 Å². The molecule has 1 heterocycles. The van der Waals surface area contributed by atoms with Crippen LogP contribution in [0.25, 0.3) is 11.4 Å². The van der Waals surface area contributed by atoms with Crippen molar-refractivity contribution in [2.75, 3.05) is 6.61 Å². The molecule has 2 N–H and O–H groups in total. The molecule has 6 atom stereocenters. The third-order valence-corrected chi connectivity index (χ3v) is 7.87. The lowest BCUT2D eigenvalue weighted by Crippen LogP contribution is -2.47. The Morgan fingerprint density at radius 3 is 2.58 bits per heavy atom. The van der Waals surface area contributed by atoms with Gasteiger partial charge in [0.2, 0.25) is 0 Å². The highest BCUT2D eigenvalue weighted by Crippen LogP contribution is 2.46. The summed E-state index contributed by atoms with van der Waals surface area (Å²) in [5.41, 5.74) is 2.84. The van der Waals surface area contributed by atoms with E-state index in [0.29, 0.717) is 17.7 Å². The van der Waals surface area contributed by atoms with Gasteiger partial charge in [-0.3, -0.25) is 15.2 Å². The number of rotatable bonds is 9. The number of aromatic nitrogens is 3. The standard InChI is InChI=1S/C30H44N4O4/c1-17(2)11-21-12-19(4)14-24(30(6,7)8)26(21)38-29(35)25(22(15-31)16-37-36)28-32-27(33-34-28)23-13-18(3)9-10-20(23)5/h9-10,13,17,19,21-22,24-26,36H,11-12,14,16H2,1-8H3,(H,32,33,34). The maximum atomic E-state index is 13.9. The molecule has 3 rings (SSSR count). The first-order valence-electron chi connectivity index (χ1n) is 13.7. The first-order valence-corrected chi connectivity index (χ1v) is 13.7. The van der Waals surface area contributed by atoms with Gasteiger partial charge in [-0.1, -0.05) is 59.2 Å². The second kappa shape index (κ2) is 12.4. The van der Waals surface area contributed by atoms with E-state index in [1.807, 2.05) is 32.0 Å². The monoisotopic (exact) mass is 524 g/mol. The molecule has 1 aromatic carbocycles. The minimum absolute atomic E-state index is 0.0602. The van der Waals surface area contributed by atoms with Crippen molar-refractivity contribution < 1.29 is 19.7 Å². The van der Waals surface area contributed by atoms with Gasteiger partial charge in [0.15, 0.2) is 5.82 Å². The van der Waals surface area contributed by atoms with E-state index >= 15 is 0 Å². The van der Waals surface area contributed by atoms with Gasteiger partial charge in [-0.05, 0) is 67.9 Å². The lowest BCUT2D eigenvalue weighted by Gasteiger charge is -2.47. The van der Waals surface area contributed by atoms with Crippen molar-refractivity contribution in [1.29, 1.82) is 5.26 Å². The summed E-state index contributed by atoms with van der Waals surface area (Å²) in [6.07, 6.45) is 2.65. The van der Waals surface area contributed by atoms with E-state index in [4.69, 9.17) is 4.74 Å². The minimum Gasteiger partial charge on any atom is -0.461 e. The molecule has 0 saturated heterocycles. The Kier molecular flexibility index (Phi) is 9.72. The van der Waals surface area contributed by atoms with Crippen LogP contribution in [0.3, 0.4) is 0 Å². The number of aromatic amines is 1. The van der Waals surface area contributed by atoms with Gasteiger partial charge < -0.3 is 4.74 Å². The summed E-state index contributed by atoms with van der Waals surface area (Å²) in [6, 6.07) is 8.11. The van der Waals surface area contributed by atoms with Crippen LogP contribution >= 0.6 is 0 Å². The van der Waals surface area contributed by atoms with Crippen LogP contribution in [-0.4, -0.2) is 39.1 Å². The number of nitrogens with one attached hydrogen (secondary N) is 1. The maximum Gasteiger partial charge on any atom is 0.318 e. The Morgan fingerprint density at radius 1 is 1.26 bits per heavy atom. The Morgan fingerprint density at radius 2 is 1.97 bits per heavy atom. The third kappa shape index (κ3) is 7.00. The molecular formula is C30H44N4O4. The van der Waals surface area contributed by atoms with E-state index < -0.39 is 17.8 Å². The quantitative estimate of drug-likeness (QED) is 0.219. The maximum absolute atomic E-state index is 13.9. The van der Waals surface area contributed by atoms with Crippen LogP contribution in [0, 0.1) is 60.2 Å². The van der Waals surface area contributed by atoms with E-state index in [2.05, 4.69) is 67.7 Å². The number of carbonyl (C=O) groups is 1. The summed E-state index contributed by atoms with van der Waals surface area (Å²) >= 11 is 0. The number of esters is 1. The lowest BCUT2D eigenvalue weighted by molar-refractivity contribution is -0.249. The van der Waals surface area contributed by atoms with Crippen LogP contribution in [0.2, 0.25) is 0 Å². The highest BCUT2D eigenvalue weighted by Gasteiger charge is 2.46. The first-order chi connectivity index (χ1) is 17.8. The molecule has 0 radical (unpaired) electrons. The van der Waals surface area contributed by atoms with Gasteiger partial charge in [0.1, 0.15) is 17.8 Å². The molecular weight excluding hydrogens is 480 g/mol. The topological polar surface area (TPSA) is 121 Å². The van der Waals surface area contributed by atoms with E-state index in [9.17, 15) is 15.3 Å². The second-order valence-corrected chi connectivity index (χ2v) is 12.7. The van der Waals surface area contributed by atoms with Crippen molar-refractivity contribution in [1.82, 2.24) is 15.2 Å². The molecule has 0 aliphatic heterocycles. The molecule has 1 aliphatic rings. The number of nitriles is 1. The number of hydrogen-bond acceptors (Lipinski definition) is 7. The van der Waals surface area contributed by atoms with Gasteiger partial charge in [0.25, 0.3) is 0 Å². The zero-order chi connectivity index (χ0) is 28.2. The van der Waals surface area contributed by atoms with E-state index in [1.54, 1.807) is 0 Å². The van der Waals surface area contributed by atoms with Crippen molar-refractivity contribution >= 4 is 5.97 Å². The van der Waals surface area contributed by atoms with E-state index in [0.717, 1.165) is 36.0 Å². The van der Waals surface area contributed by atoms with Gasteiger partial charge in [-0.15, -0.1) is 0 Å². The van der Waals surface area contributed by atoms with Crippen LogP contribution in [0.15, 0.2) is 18.2 Å². The average molecular weight is 525 g/mol. The van der Waals surface area contributed by atoms with Gasteiger partial charge in [-0.2, -0.15) is 10.4 Å². The summed E-state index contributed by atoms with van der Waals surface area (Å²) in [4.78, 5) is 22.9. The fourth-order valence-electron chi connectivity index (χ4n) is 5.98. The molecule has 8 nitrogen and oxygen atoms in total. The van der Waals surface area contributed by atoms with Gasteiger partial charge in [0.05, 0.1) is 18.6 Å². The van der Waals surface area contributed by atoms with Crippen molar-refractivity contribution in [3.05, 3.63) is 35.2 Å². The SMILES string of the molecule is Cc1ccc(C)c(-c2n[nH]c(C(C(=O)OC3C(CC(C)C)CC(C)CC3C(C)(C)C)C(C#N)COO)n2)c1. The van der Waals surface area contributed by atoms with Gasteiger partial charge in [-0.25, -0.2) is 9.87 Å². The number of carbonyl (C=O) groups excluding carboxylic acids is 1. The van der Waals surface area contributed by atoms with Crippen LogP contribution < -0.4 is 0 Å². The predicted octanol–water partition coefficient (Wildman–Crippen LogP) is 6.47. The largest absolute Gasteiger partial charge is 0.461 e. The number of ether oxygens (including phenoxy) is 1. The van der Waals surface area contributed by atoms with Gasteiger partial charge in [0, 0.05) is 11.5 Å². The number of hydrogen-bond donors (Lipinski definition) is 2. The average Bonchev–Trinajstić information content (AvgIpc) is 3.30. The Balaban J connectivity index is 2.00. The Bertz CT molecular complexity index is 1130. The number of nitrogens with zero attached hydrogens (tertiary/aromatic N) is 3. The summed E-state index contributed by atoms with van der Waals surface area (Å²) in [5, 5.41) is 26.4. The number of H-pyrrole nitrogens is 1. The normalized spacial score (nSPS) is 23.6. The fourth-order valence-corrected chi connectivity index (χ4v) is 5.98. The molecule has 0 amide bonds. The van der Waals surface area contributed by atoms with Crippen LogP contribution in [0.1, 0.15) is 83.7 Å². The molecule has 8 heteroatoms. The van der Waals surface area contributed by atoms with E-state index in [-0.39, 0.29) is 35.8 Å². The lowest BCUT2D eigenvalue weighted by atomic mass is 9.63. The molecule has 1 aliphatic carbocycles. The fraction of sp³-hybridized carbons (Fsp3) is 0.667. The van der Waals surface area contributed by atoms with Crippen molar-refractivity contribution in [3.8, 4) is 17.5 Å². The predicted molar refractivity (Wildman–Crippen MR) is 146 cm³/mol. The second-order valence-electron chi connectivity index (χ2n) is 12.7. The van der Waals surface area contributed by atoms with Crippen LogP contribution in [0.5, 0.6) is 0 Å². The first kappa shape index (κ1) is 29.8. The third-order valence-electron chi connectivity index (χ3n) is 7.87. The van der Waals surface area contributed by atoms with Gasteiger partial charge >= 0.3 is 5.97 Å². The van der Waals surface area contributed by atoms with Crippen LogP contribution in [-0.2, 0) is 14.4 Å².